The normalized spacial score (nSPS) is 16.5. The zero-order valence-corrected chi connectivity index (χ0v) is 15.8. The van der Waals surface area contributed by atoms with Crippen LogP contribution >= 0.6 is 0 Å². The average Bonchev–Trinajstić information content (AvgIpc) is 2.68. The zero-order valence-electron chi connectivity index (χ0n) is 15.8. The van der Waals surface area contributed by atoms with Crippen molar-refractivity contribution >= 4 is 5.57 Å². The molecule has 3 aromatic rings. The number of rotatable bonds is 3. The lowest BCUT2D eigenvalue weighted by Gasteiger charge is -2.18. The van der Waals surface area contributed by atoms with Gasteiger partial charge in [-0.25, -0.2) is 15.0 Å². The van der Waals surface area contributed by atoms with Crippen molar-refractivity contribution in [1.29, 1.82) is 0 Å². The Morgan fingerprint density at radius 1 is 0.821 bits per heavy atom. The fraction of sp³-hybridized carbons (Fsp3) is 0.174. The lowest BCUT2D eigenvalue weighted by Crippen LogP contribution is -2.16. The SMILES string of the molecule is Cc1cccc(-c2nc(C3=C(O)C=CCC3O)nc(-c3cccc(C)c3)n2)c1. The smallest absolute Gasteiger partial charge is 0.166 e. The Kier molecular flexibility index (Phi) is 4.75. The van der Waals surface area contributed by atoms with Crippen LogP contribution in [-0.2, 0) is 0 Å². The summed E-state index contributed by atoms with van der Waals surface area (Å²) in [5.74, 6) is 1.28. The summed E-state index contributed by atoms with van der Waals surface area (Å²) in [6, 6.07) is 15.8. The Morgan fingerprint density at radius 3 is 1.86 bits per heavy atom. The van der Waals surface area contributed by atoms with Gasteiger partial charge in [-0.15, -0.1) is 0 Å². The summed E-state index contributed by atoms with van der Waals surface area (Å²) < 4.78 is 0. The van der Waals surface area contributed by atoms with Crippen molar-refractivity contribution in [1.82, 2.24) is 15.0 Å². The summed E-state index contributed by atoms with van der Waals surface area (Å²) >= 11 is 0. The van der Waals surface area contributed by atoms with E-state index in [2.05, 4.69) is 15.0 Å². The molecule has 4 rings (SSSR count). The molecule has 28 heavy (non-hydrogen) atoms. The molecular weight excluding hydrogens is 350 g/mol. The third-order valence-corrected chi connectivity index (χ3v) is 4.67. The molecule has 1 aromatic heterocycles. The summed E-state index contributed by atoms with van der Waals surface area (Å²) in [6.45, 7) is 4.02. The molecule has 2 N–H and O–H groups in total. The molecule has 0 radical (unpaired) electrons. The molecule has 0 saturated heterocycles. The fourth-order valence-electron chi connectivity index (χ4n) is 3.27. The van der Waals surface area contributed by atoms with Crippen LogP contribution in [0, 0.1) is 13.8 Å². The Bertz CT molecular complexity index is 1040. The summed E-state index contributed by atoms with van der Waals surface area (Å²) in [4.78, 5) is 13.8. The maximum atomic E-state index is 10.4. The van der Waals surface area contributed by atoms with E-state index >= 15 is 0 Å². The molecule has 1 heterocycles. The van der Waals surface area contributed by atoms with Gasteiger partial charge in [0, 0.05) is 11.1 Å². The third kappa shape index (κ3) is 3.57. The van der Waals surface area contributed by atoms with E-state index in [-0.39, 0.29) is 11.6 Å². The monoisotopic (exact) mass is 371 g/mol. The second-order valence-corrected chi connectivity index (χ2v) is 7.00. The van der Waals surface area contributed by atoms with E-state index < -0.39 is 6.10 Å². The first-order valence-corrected chi connectivity index (χ1v) is 9.19. The van der Waals surface area contributed by atoms with Gasteiger partial charge in [-0.05, 0) is 38.5 Å². The molecule has 1 aliphatic rings. The summed E-state index contributed by atoms with van der Waals surface area (Å²) in [5.41, 5.74) is 4.24. The lowest BCUT2D eigenvalue weighted by molar-refractivity contribution is 0.228. The highest BCUT2D eigenvalue weighted by molar-refractivity contribution is 5.72. The molecule has 0 saturated carbocycles. The van der Waals surface area contributed by atoms with Crippen LogP contribution in [0.4, 0.5) is 0 Å². The van der Waals surface area contributed by atoms with Crippen molar-refractivity contribution in [2.45, 2.75) is 26.4 Å². The van der Waals surface area contributed by atoms with Gasteiger partial charge in [0.15, 0.2) is 17.5 Å². The molecule has 0 spiro atoms. The Balaban J connectivity index is 1.95. The minimum atomic E-state index is -0.858. The van der Waals surface area contributed by atoms with Crippen LogP contribution in [0.5, 0.6) is 0 Å². The molecule has 2 aromatic carbocycles. The quantitative estimate of drug-likeness (QED) is 0.713. The standard InChI is InChI=1S/C23H21N3O2/c1-14-6-3-8-16(12-14)21-24-22(17-9-4-7-15(2)13-17)26-23(25-21)20-18(27)10-5-11-19(20)28/h3-10,12-13,19,27-28H,11H2,1-2H3. The van der Waals surface area contributed by atoms with E-state index in [1.807, 2.05) is 62.4 Å². The van der Waals surface area contributed by atoms with Gasteiger partial charge in [-0.3, -0.25) is 0 Å². The molecule has 1 unspecified atom stereocenters. The van der Waals surface area contributed by atoms with E-state index in [4.69, 9.17) is 0 Å². The first-order valence-electron chi connectivity index (χ1n) is 9.19. The molecule has 0 aliphatic heterocycles. The number of aryl methyl sites for hydroxylation is 2. The van der Waals surface area contributed by atoms with Crippen molar-refractivity contribution in [2.75, 3.05) is 0 Å². The molecule has 0 fully saturated rings. The molecule has 1 atom stereocenters. The Morgan fingerprint density at radius 2 is 1.36 bits per heavy atom. The number of aliphatic hydroxyl groups is 2. The Hall–Kier alpha value is -3.31. The van der Waals surface area contributed by atoms with E-state index in [0.717, 1.165) is 22.3 Å². The predicted octanol–water partition coefficient (Wildman–Crippen LogP) is 4.41. The summed E-state index contributed by atoms with van der Waals surface area (Å²) in [6.07, 6.45) is 2.85. The highest BCUT2D eigenvalue weighted by Crippen LogP contribution is 2.29. The first-order chi connectivity index (χ1) is 13.5. The molecule has 140 valence electrons. The summed E-state index contributed by atoms with van der Waals surface area (Å²) in [7, 11) is 0. The number of aliphatic hydroxyl groups excluding tert-OH is 2. The molecule has 0 amide bonds. The van der Waals surface area contributed by atoms with E-state index in [1.54, 1.807) is 12.2 Å². The van der Waals surface area contributed by atoms with E-state index in [1.165, 1.54) is 0 Å². The second kappa shape index (κ2) is 7.37. The molecule has 1 aliphatic carbocycles. The highest BCUT2D eigenvalue weighted by Gasteiger charge is 2.24. The van der Waals surface area contributed by atoms with Crippen LogP contribution in [0.1, 0.15) is 23.4 Å². The topological polar surface area (TPSA) is 79.1 Å². The number of aromatic nitrogens is 3. The number of nitrogens with zero attached hydrogens (tertiary/aromatic N) is 3. The van der Waals surface area contributed by atoms with Crippen molar-refractivity contribution in [2.24, 2.45) is 0 Å². The summed E-state index contributed by atoms with van der Waals surface area (Å²) in [5, 5.41) is 20.8. The maximum absolute atomic E-state index is 10.4. The van der Waals surface area contributed by atoms with Crippen LogP contribution in [0.2, 0.25) is 0 Å². The number of hydrogen-bond donors (Lipinski definition) is 2. The van der Waals surface area contributed by atoms with Crippen molar-refractivity contribution in [3.05, 3.63) is 83.4 Å². The van der Waals surface area contributed by atoms with Crippen LogP contribution in [0.15, 0.2) is 66.4 Å². The minimum Gasteiger partial charge on any atom is -0.507 e. The van der Waals surface area contributed by atoms with Crippen molar-refractivity contribution in [3.63, 3.8) is 0 Å². The van der Waals surface area contributed by atoms with Gasteiger partial charge in [0.1, 0.15) is 5.76 Å². The maximum Gasteiger partial charge on any atom is 0.166 e. The van der Waals surface area contributed by atoms with Crippen molar-refractivity contribution in [3.8, 4) is 22.8 Å². The van der Waals surface area contributed by atoms with Crippen LogP contribution < -0.4 is 0 Å². The number of hydrogen-bond acceptors (Lipinski definition) is 5. The first kappa shape index (κ1) is 18.1. The number of allylic oxidation sites excluding steroid dienone is 1. The van der Waals surface area contributed by atoms with Crippen LogP contribution in [-0.4, -0.2) is 31.3 Å². The molecule has 5 nitrogen and oxygen atoms in total. The molecule has 5 heteroatoms. The van der Waals surface area contributed by atoms with Gasteiger partial charge in [-0.1, -0.05) is 53.6 Å². The van der Waals surface area contributed by atoms with Crippen LogP contribution in [0.3, 0.4) is 0 Å². The van der Waals surface area contributed by atoms with Gasteiger partial charge in [0.25, 0.3) is 0 Å². The van der Waals surface area contributed by atoms with Gasteiger partial charge >= 0.3 is 0 Å². The lowest BCUT2D eigenvalue weighted by atomic mass is 9.99. The van der Waals surface area contributed by atoms with Crippen molar-refractivity contribution < 1.29 is 10.2 Å². The van der Waals surface area contributed by atoms with E-state index in [9.17, 15) is 10.2 Å². The predicted molar refractivity (Wildman–Crippen MR) is 109 cm³/mol. The highest BCUT2D eigenvalue weighted by atomic mass is 16.3. The van der Waals surface area contributed by atoms with Gasteiger partial charge in [0.2, 0.25) is 0 Å². The third-order valence-electron chi connectivity index (χ3n) is 4.67. The fourth-order valence-corrected chi connectivity index (χ4v) is 3.27. The van der Waals surface area contributed by atoms with Gasteiger partial charge < -0.3 is 10.2 Å². The molecular formula is C23H21N3O2. The number of benzene rings is 2. The van der Waals surface area contributed by atoms with Gasteiger partial charge in [0.05, 0.1) is 11.7 Å². The average molecular weight is 371 g/mol. The van der Waals surface area contributed by atoms with Crippen LogP contribution in [0.25, 0.3) is 28.3 Å². The largest absolute Gasteiger partial charge is 0.507 e. The van der Waals surface area contributed by atoms with E-state index in [0.29, 0.717) is 23.6 Å². The minimum absolute atomic E-state index is 0.0182. The Labute approximate surface area is 163 Å². The molecule has 0 bridgehead atoms. The second-order valence-electron chi connectivity index (χ2n) is 7.00. The van der Waals surface area contributed by atoms with Gasteiger partial charge in [-0.2, -0.15) is 0 Å². The zero-order chi connectivity index (χ0) is 19.7.